The van der Waals surface area contributed by atoms with Crippen molar-refractivity contribution >= 4 is 11.6 Å². The highest BCUT2D eigenvalue weighted by Gasteiger charge is 2.37. The van der Waals surface area contributed by atoms with Crippen LogP contribution in [-0.2, 0) is 4.74 Å². The van der Waals surface area contributed by atoms with E-state index in [-0.39, 0.29) is 24.0 Å². The molecular weight excluding hydrogens is 399 g/mol. The van der Waals surface area contributed by atoms with E-state index in [4.69, 9.17) is 14.6 Å². The summed E-state index contributed by atoms with van der Waals surface area (Å²) >= 11 is 0. The number of benzene rings is 1. The Morgan fingerprint density at radius 3 is 2.97 bits per heavy atom. The average molecular weight is 424 g/mol. The van der Waals surface area contributed by atoms with Gasteiger partial charge in [-0.25, -0.2) is 9.37 Å². The summed E-state index contributed by atoms with van der Waals surface area (Å²) in [4.78, 5) is 11.4. The van der Waals surface area contributed by atoms with Gasteiger partial charge < -0.3 is 14.8 Å². The molecule has 4 heterocycles. The second-order valence-corrected chi connectivity index (χ2v) is 8.65. The van der Waals surface area contributed by atoms with Crippen LogP contribution in [0.2, 0.25) is 0 Å². The molecule has 1 aromatic carbocycles. The first kappa shape index (κ1) is 18.9. The number of ether oxygens (including phenoxy) is 2. The molecule has 3 aliphatic rings. The quantitative estimate of drug-likeness (QED) is 0.690. The van der Waals surface area contributed by atoms with Crippen molar-refractivity contribution in [3.05, 3.63) is 47.7 Å². The van der Waals surface area contributed by atoms with Gasteiger partial charge in [-0.15, -0.1) is 5.10 Å². The normalized spacial score (nSPS) is 26.5. The van der Waals surface area contributed by atoms with Gasteiger partial charge >= 0.3 is 0 Å². The summed E-state index contributed by atoms with van der Waals surface area (Å²) in [5, 5.41) is 8.39. The molecule has 1 saturated carbocycles. The zero-order valence-corrected chi connectivity index (χ0v) is 17.4. The second kappa shape index (κ2) is 7.42. The molecule has 0 amide bonds. The van der Waals surface area contributed by atoms with Crippen LogP contribution in [0, 0.1) is 5.82 Å². The van der Waals surface area contributed by atoms with E-state index in [9.17, 15) is 4.39 Å². The predicted molar refractivity (Wildman–Crippen MR) is 112 cm³/mol. The smallest absolute Gasteiger partial charge is 0.254 e. The number of nitrogens with zero attached hydrogens (tertiary/aromatic N) is 5. The van der Waals surface area contributed by atoms with Gasteiger partial charge in [0.25, 0.3) is 5.78 Å². The molecule has 1 aliphatic carbocycles. The lowest BCUT2D eigenvalue weighted by Gasteiger charge is -2.43. The fraction of sp³-hybridized carbons (Fsp3) is 0.500. The third kappa shape index (κ3) is 3.51. The van der Waals surface area contributed by atoms with Crippen molar-refractivity contribution in [2.24, 2.45) is 0 Å². The maximum Gasteiger partial charge on any atom is 0.254 e. The van der Waals surface area contributed by atoms with Gasteiger partial charge in [-0.3, -0.25) is 4.90 Å². The van der Waals surface area contributed by atoms with Crippen LogP contribution in [0.1, 0.15) is 43.1 Å². The highest BCUT2D eigenvalue weighted by molar-refractivity contribution is 5.49. The number of rotatable bonds is 4. The lowest BCUT2D eigenvalue weighted by molar-refractivity contribution is -0.0465. The van der Waals surface area contributed by atoms with Crippen molar-refractivity contribution in [3.8, 4) is 5.75 Å². The number of hydrogen-bond donors (Lipinski definition) is 1. The SMILES string of the molecule is C[C@@H]1CN([C@H]2COc3cc(F)ccc3[C@@H]2Nc2ccnc3nc(C4CC4)nn23)CCO1. The maximum atomic E-state index is 13.9. The molecule has 9 heteroatoms. The largest absolute Gasteiger partial charge is 0.491 e. The zero-order valence-electron chi connectivity index (χ0n) is 17.4. The summed E-state index contributed by atoms with van der Waals surface area (Å²) in [6.45, 7) is 4.90. The predicted octanol–water partition coefficient (Wildman–Crippen LogP) is 2.78. The third-order valence-electron chi connectivity index (χ3n) is 6.35. The Kier molecular flexibility index (Phi) is 4.53. The van der Waals surface area contributed by atoms with E-state index >= 15 is 0 Å². The lowest BCUT2D eigenvalue weighted by Crippen LogP contribution is -2.54. The first-order valence-corrected chi connectivity index (χ1v) is 10.9. The van der Waals surface area contributed by atoms with E-state index in [2.05, 4.69) is 27.1 Å². The molecule has 3 aromatic rings. The fourth-order valence-electron chi connectivity index (χ4n) is 4.60. The molecule has 2 fully saturated rings. The van der Waals surface area contributed by atoms with E-state index in [0.29, 0.717) is 30.7 Å². The molecule has 2 aliphatic heterocycles. The standard InChI is InChI=1S/C22H25FN6O2/c1-13-11-28(8-9-30-13)17-12-31-18-10-15(23)4-5-16(18)20(17)25-19-6-7-24-22-26-21(14-2-3-14)27-29(19)22/h4-7,10,13-14,17,20,25H,2-3,8-9,11-12H2,1H3/t13-,17+,20+/m1/s1. The first-order chi connectivity index (χ1) is 15.2. The molecule has 1 N–H and O–H groups in total. The van der Waals surface area contributed by atoms with Crippen LogP contribution in [0.3, 0.4) is 0 Å². The molecule has 2 aromatic heterocycles. The van der Waals surface area contributed by atoms with Gasteiger partial charge in [-0.05, 0) is 31.9 Å². The van der Waals surface area contributed by atoms with Gasteiger partial charge in [0.15, 0.2) is 5.82 Å². The Labute approximate surface area is 179 Å². The van der Waals surface area contributed by atoms with Crippen molar-refractivity contribution in [2.45, 2.75) is 43.9 Å². The molecular formula is C22H25FN6O2. The van der Waals surface area contributed by atoms with Crippen LogP contribution >= 0.6 is 0 Å². The van der Waals surface area contributed by atoms with E-state index in [0.717, 1.165) is 43.1 Å². The number of aromatic nitrogens is 4. The summed E-state index contributed by atoms with van der Waals surface area (Å²) in [5.41, 5.74) is 0.935. The van der Waals surface area contributed by atoms with Gasteiger partial charge in [0.2, 0.25) is 0 Å². The molecule has 0 radical (unpaired) electrons. The molecule has 6 rings (SSSR count). The number of morpholine rings is 1. The number of hydrogen-bond acceptors (Lipinski definition) is 7. The van der Waals surface area contributed by atoms with Crippen LogP contribution < -0.4 is 10.1 Å². The first-order valence-electron chi connectivity index (χ1n) is 10.9. The maximum absolute atomic E-state index is 13.9. The third-order valence-corrected chi connectivity index (χ3v) is 6.35. The van der Waals surface area contributed by atoms with Crippen molar-refractivity contribution in [1.29, 1.82) is 0 Å². The molecule has 3 atom stereocenters. The second-order valence-electron chi connectivity index (χ2n) is 8.65. The van der Waals surface area contributed by atoms with Gasteiger partial charge in [-0.2, -0.15) is 9.50 Å². The summed E-state index contributed by atoms with van der Waals surface area (Å²) in [7, 11) is 0. The minimum Gasteiger partial charge on any atom is -0.491 e. The zero-order chi connectivity index (χ0) is 20.9. The summed E-state index contributed by atoms with van der Waals surface area (Å²) in [6, 6.07) is 6.64. The van der Waals surface area contributed by atoms with Crippen LogP contribution in [0.15, 0.2) is 30.5 Å². The molecule has 1 saturated heterocycles. The molecule has 0 bridgehead atoms. The Morgan fingerprint density at radius 1 is 1.23 bits per heavy atom. The number of halogens is 1. The van der Waals surface area contributed by atoms with Crippen molar-refractivity contribution in [3.63, 3.8) is 0 Å². The summed E-state index contributed by atoms with van der Waals surface area (Å²) in [5.74, 6) is 3.00. The highest BCUT2D eigenvalue weighted by atomic mass is 19.1. The van der Waals surface area contributed by atoms with Gasteiger partial charge in [0, 0.05) is 36.8 Å². The highest BCUT2D eigenvalue weighted by Crippen LogP contribution is 2.39. The Bertz CT molecular complexity index is 1120. The topological polar surface area (TPSA) is 76.8 Å². The van der Waals surface area contributed by atoms with Crippen molar-refractivity contribution in [1.82, 2.24) is 24.5 Å². The van der Waals surface area contributed by atoms with Crippen LogP contribution in [0.5, 0.6) is 5.75 Å². The van der Waals surface area contributed by atoms with Gasteiger partial charge in [0.05, 0.1) is 24.8 Å². The summed E-state index contributed by atoms with van der Waals surface area (Å²) in [6.07, 6.45) is 4.18. The minimum absolute atomic E-state index is 0.0685. The Hall–Kier alpha value is -2.78. The van der Waals surface area contributed by atoms with Crippen LogP contribution in [-0.4, -0.2) is 62.9 Å². The molecule has 0 unspecified atom stereocenters. The van der Waals surface area contributed by atoms with E-state index < -0.39 is 0 Å². The molecule has 0 spiro atoms. The fourth-order valence-corrected chi connectivity index (χ4v) is 4.60. The van der Waals surface area contributed by atoms with Crippen molar-refractivity contribution < 1.29 is 13.9 Å². The van der Waals surface area contributed by atoms with Gasteiger partial charge in [-0.1, -0.05) is 6.07 Å². The average Bonchev–Trinajstić information content (AvgIpc) is 3.52. The van der Waals surface area contributed by atoms with Gasteiger partial charge in [0.1, 0.15) is 24.0 Å². The molecule has 162 valence electrons. The summed E-state index contributed by atoms with van der Waals surface area (Å²) < 4.78 is 27.4. The van der Waals surface area contributed by atoms with E-state index in [1.807, 2.05) is 12.1 Å². The van der Waals surface area contributed by atoms with Crippen molar-refractivity contribution in [2.75, 3.05) is 31.6 Å². The van der Waals surface area contributed by atoms with E-state index in [1.165, 1.54) is 12.1 Å². The monoisotopic (exact) mass is 424 g/mol. The molecule has 8 nitrogen and oxygen atoms in total. The molecule has 31 heavy (non-hydrogen) atoms. The van der Waals surface area contributed by atoms with E-state index in [1.54, 1.807) is 10.7 Å². The number of nitrogens with one attached hydrogen (secondary N) is 1. The number of anilines is 1. The van der Waals surface area contributed by atoms with Crippen LogP contribution in [0.25, 0.3) is 5.78 Å². The lowest BCUT2D eigenvalue weighted by atomic mass is 9.94. The number of fused-ring (bicyclic) bond motifs is 2. The Balaban J connectivity index is 1.39. The van der Waals surface area contributed by atoms with Crippen LogP contribution in [0.4, 0.5) is 10.2 Å². The Morgan fingerprint density at radius 2 is 2.13 bits per heavy atom. The minimum atomic E-state index is -0.299.